The molecule has 1 fully saturated rings. The van der Waals surface area contributed by atoms with Gasteiger partial charge in [-0.15, -0.1) is 0 Å². The molecule has 0 radical (unpaired) electrons. The van der Waals surface area contributed by atoms with E-state index in [0.717, 1.165) is 47.9 Å². The number of amides is 2. The van der Waals surface area contributed by atoms with E-state index in [2.05, 4.69) is 34.9 Å². The molecule has 0 bridgehead atoms. The lowest BCUT2D eigenvalue weighted by molar-refractivity contribution is -0.148. The van der Waals surface area contributed by atoms with Crippen molar-refractivity contribution in [2.24, 2.45) is 5.92 Å². The Labute approximate surface area is 204 Å². The summed E-state index contributed by atoms with van der Waals surface area (Å²) in [7, 11) is 0. The van der Waals surface area contributed by atoms with Crippen molar-refractivity contribution in [1.82, 2.24) is 10.6 Å². The minimum atomic E-state index is -1.73. The molecular weight excluding hydrogens is 448 g/mol. The molecule has 0 aromatic heterocycles. The van der Waals surface area contributed by atoms with Crippen LogP contribution in [-0.4, -0.2) is 53.0 Å². The van der Waals surface area contributed by atoms with Crippen molar-refractivity contribution in [3.8, 4) is 11.1 Å². The number of carbonyl (C=O) groups is 3. The zero-order valence-corrected chi connectivity index (χ0v) is 19.8. The van der Waals surface area contributed by atoms with E-state index < -0.39 is 30.1 Å². The summed E-state index contributed by atoms with van der Waals surface area (Å²) in [6.45, 7) is 0.770. The first-order valence-corrected chi connectivity index (χ1v) is 12.1. The molecule has 0 spiro atoms. The Morgan fingerprint density at radius 1 is 1.00 bits per heavy atom. The smallest absolute Gasteiger partial charge is 0.407 e. The van der Waals surface area contributed by atoms with Crippen molar-refractivity contribution < 1.29 is 29.3 Å². The second-order valence-corrected chi connectivity index (χ2v) is 9.67. The van der Waals surface area contributed by atoms with Crippen molar-refractivity contribution >= 4 is 18.0 Å². The monoisotopic (exact) mass is 480 g/mol. The van der Waals surface area contributed by atoms with Crippen LogP contribution in [-0.2, 0) is 14.3 Å². The van der Waals surface area contributed by atoms with Crippen LogP contribution in [0.5, 0.6) is 0 Å². The number of aliphatic carboxylic acids is 1. The summed E-state index contributed by atoms with van der Waals surface area (Å²) in [4.78, 5) is 36.6. The van der Waals surface area contributed by atoms with Crippen molar-refractivity contribution in [2.45, 2.75) is 56.5 Å². The number of hydrogen-bond donors (Lipinski definition) is 4. The third-order valence-corrected chi connectivity index (χ3v) is 7.21. The maximum Gasteiger partial charge on any atom is 0.407 e. The Balaban J connectivity index is 1.36. The molecule has 3 atom stereocenters. The average molecular weight is 481 g/mol. The van der Waals surface area contributed by atoms with Gasteiger partial charge in [-0.25, -0.2) is 9.59 Å². The lowest BCUT2D eigenvalue weighted by atomic mass is 9.82. The lowest BCUT2D eigenvalue weighted by Crippen LogP contribution is -2.55. The normalized spacial score (nSPS) is 20.7. The predicted octanol–water partition coefficient (Wildman–Crippen LogP) is 3.43. The molecule has 4 rings (SSSR count). The quantitative estimate of drug-likeness (QED) is 0.459. The first-order chi connectivity index (χ1) is 16.8. The van der Waals surface area contributed by atoms with Crippen LogP contribution in [0.15, 0.2) is 48.5 Å². The van der Waals surface area contributed by atoms with Crippen LogP contribution in [0.4, 0.5) is 4.79 Å². The molecule has 8 nitrogen and oxygen atoms in total. The highest BCUT2D eigenvalue weighted by Crippen LogP contribution is 2.44. The van der Waals surface area contributed by atoms with E-state index in [1.807, 2.05) is 24.3 Å². The molecule has 2 aromatic rings. The number of carboxylic acids is 1. The molecule has 3 unspecified atom stereocenters. The molecule has 186 valence electrons. The van der Waals surface area contributed by atoms with E-state index in [-0.39, 0.29) is 30.9 Å². The van der Waals surface area contributed by atoms with Crippen LogP contribution >= 0.6 is 0 Å². The second kappa shape index (κ2) is 10.5. The van der Waals surface area contributed by atoms with E-state index >= 15 is 0 Å². The fraction of sp³-hybridized carbons (Fsp3) is 0.444. The van der Waals surface area contributed by atoms with Gasteiger partial charge in [-0.3, -0.25) is 4.79 Å². The van der Waals surface area contributed by atoms with Gasteiger partial charge < -0.3 is 25.6 Å². The molecule has 0 aliphatic heterocycles. The van der Waals surface area contributed by atoms with Gasteiger partial charge >= 0.3 is 12.1 Å². The van der Waals surface area contributed by atoms with Crippen LogP contribution < -0.4 is 10.6 Å². The van der Waals surface area contributed by atoms with Gasteiger partial charge in [0.25, 0.3) is 0 Å². The molecule has 35 heavy (non-hydrogen) atoms. The van der Waals surface area contributed by atoms with Gasteiger partial charge in [0.15, 0.2) is 5.54 Å². The number of carbonyl (C=O) groups excluding carboxylic acids is 2. The summed E-state index contributed by atoms with van der Waals surface area (Å²) in [5.74, 6) is -1.94. The van der Waals surface area contributed by atoms with Gasteiger partial charge in [-0.05, 0) is 47.9 Å². The van der Waals surface area contributed by atoms with E-state index in [9.17, 15) is 24.6 Å². The van der Waals surface area contributed by atoms with Crippen LogP contribution in [0.1, 0.15) is 56.1 Å². The molecule has 2 aromatic carbocycles. The fourth-order valence-corrected chi connectivity index (χ4v) is 5.19. The van der Waals surface area contributed by atoms with Crippen molar-refractivity contribution in [3.05, 3.63) is 59.7 Å². The Kier molecular flexibility index (Phi) is 7.40. The van der Waals surface area contributed by atoms with Crippen molar-refractivity contribution in [2.75, 3.05) is 13.2 Å². The first-order valence-electron chi connectivity index (χ1n) is 12.1. The molecule has 1 saturated carbocycles. The van der Waals surface area contributed by atoms with Crippen LogP contribution in [0, 0.1) is 5.92 Å². The van der Waals surface area contributed by atoms with Gasteiger partial charge in [0.05, 0.1) is 6.61 Å². The summed E-state index contributed by atoms with van der Waals surface area (Å²) in [6.07, 6.45) is 2.86. The lowest BCUT2D eigenvalue weighted by Gasteiger charge is -2.32. The summed E-state index contributed by atoms with van der Waals surface area (Å²) in [5, 5.41) is 24.0. The third kappa shape index (κ3) is 5.32. The summed E-state index contributed by atoms with van der Waals surface area (Å²) in [6, 6.07) is 16.0. The number of benzene rings is 2. The maximum absolute atomic E-state index is 12.7. The molecule has 0 saturated heterocycles. The molecule has 2 aliphatic rings. The van der Waals surface area contributed by atoms with Gasteiger partial charge in [0, 0.05) is 18.4 Å². The first kappa shape index (κ1) is 24.7. The van der Waals surface area contributed by atoms with Crippen LogP contribution in [0.3, 0.4) is 0 Å². The summed E-state index contributed by atoms with van der Waals surface area (Å²) < 4.78 is 5.66. The number of aliphatic hydroxyl groups excluding tert-OH is 1. The van der Waals surface area contributed by atoms with Crippen molar-refractivity contribution in [1.29, 1.82) is 0 Å². The molecule has 2 aliphatic carbocycles. The Bertz CT molecular complexity index is 1060. The zero-order chi connectivity index (χ0) is 25.0. The fourth-order valence-electron chi connectivity index (χ4n) is 5.19. The van der Waals surface area contributed by atoms with Crippen LogP contribution in [0.25, 0.3) is 11.1 Å². The van der Waals surface area contributed by atoms with Crippen molar-refractivity contribution in [3.63, 3.8) is 0 Å². The van der Waals surface area contributed by atoms with Gasteiger partial charge in [-0.1, -0.05) is 61.4 Å². The number of carboxylic acid groups (broad SMARTS) is 1. The van der Waals surface area contributed by atoms with E-state index in [1.54, 1.807) is 0 Å². The average Bonchev–Trinajstić information content (AvgIpc) is 3.17. The molecule has 0 heterocycles. The minimum absolute atomic E-state index is 0.0340. The van der Waals surface area contributed by atoms with Crippen LogP contribution in [0.2, 0.25) is 0 Å². The zero-order valence-electron chi connectivity index (χ0n) is 19.8. The number of hydrogen-bond acceptors (Lipinski definition) is 5. The molecule has 8 heteroatoms. The number of alkyl carbamates (subject to hydrolysis) is 1. The van der Waals surface area contributed by atoms with Gasteiger partial charge in [0.2, 0.25) is 5.91 Å². The molecular formula is C27H32N2O6. The number of ether oxygens (including phenoxy) is 1. The number of rotatable bonds is 8. The highest BCUT2D eigenvalue weighted by molar-refractivity contribution is 5.87. The Morgan fingerprint density at radius 2 is 1.60 bits per heavy atom. The predicted molar refractivity (Wildman–Crippen MR) is 130 cm³/mol. The Morgan fingerprint density at radius 3 is 2.20 bits per heavy atom. The number of aliphatic hydroxyl groups is 1. The topological polar surface area (TPSA) is 125 Å². The van der Waals surface area contributed by atoms with Gasteiger partial charge in [0.1, 0.15) is 6.61 Å². The van der Waals surface area contributed by atoms with E-state index in [4.69, 9.17) is 4.74 Å². The number of fused-ring (bicyclic) bond motifs is 3. The largest absolute Gasteiger partial charge is 0.479 e. The summed E-state index contributed by atoms with van der Waals surface area (Å²) >= 11 is 0. The molecule has 4 N–H and O–H groups in total. The number of nitrogens with one attached hydrogen (secondary N) is 2. The molecule has 2 amide bonds. The third-order valence-electron chi connectivity index (χ3n) is 7.21. The Hall–Kier alpha value is -3.39. The SMILES string of the molecule is CC(CO)(NC(=O)CC1CCCCC1NC(=O)OCC1c2ccccc2-c2ccccc21)C(=O)O. The minimum Gasteiger partial charge on any atom is -0.479 e. The van der Waals surface area contributed by atoms with E-state index in [1.165, 1.54) is 6.92 Å². The highest BCUT2D eigenvalue weighted by Gasteiger charge is 2.36. The standard InChI is InChI=1S/C27H32N2O6/c1-27(16-30,25(32)33)29-24(31)14-17-8-2-7-13-23(17)28-26(34)35-15-22-20-11-5-3-9-18(20)19-10-4-6-12-21(19)22/h3-6,9-12,17,22-23,30H,2,7-8,13-16H2,1H3,(H,28,34)(H,29,31)(H,32,33). The summed E-state index contributed by atoms with van der Waals surface area (Å²) in [5.41, 5.74) is 2.86. The maximum atomic E-state index is 12.7. The van der Waals surface area contributed by atoms with E-state index in [0.29, 0.717) is 0 Å². The highest BCUT2D eigenvalue weighted by atomic mass is 16.5. The van der Waals surface area contributed by atoms with Gasteiger partial charge in [-0.2, -0.15) is 0 Å². The second-order valence-electron chi connectivity index (χ2n) is 9.67.